The van der Waals surface area contributed by atoms with Crippen LogP contribution in [0.3, 0.4) is 0 Å². The van der Waals surface area contributed by atoms with Crippen molar-refractivity contribution in [3.8, 4) is 11.7 Å². The third-order valence-corrected chi connectivity index (χ3v) is 1.83. The van der Waals surface area contributed by atoms with E-state index in [-0.39, 0.29) is 5.89 Å². The molecule has 2 rings (SSSR count). The van der Waals surface area contributed by atoms with Gasteiger partial charge < -0.3 is 13.9 Å². The fourth-order valence-corrected chi connectivity index (χ4v) is 1.09. The van der Waals surface area contributed by atoms with E-state index < -0.39 is 11.9 Å². The van der Waals surface area contributed by atoms with Crippen LogP contribution in [0.4, 0.5) is 0 Å². The molecule has 0 unspecified atom stereocenters. The van der Waals surface area contributed by atoms with E-state index in [0.717, 1.165) is 12.2 Å². The maximum absolute atomic E-state index is 10.5. The standard InChI is InChI=1S/C9H8N2O4/c1-2-5-3-4-6(14-5)7-10-11-8(15-7)9(12)13/h3-4H,2H2,1H3,(H,12,13). The summed E-state index contributed by atoms with van der Waals surface area (Å²) in [5, 5.41) is 15.5. The highest BCUT2D eigenvalue weighted by Crippen LogP contribution is 2.20. The van der Waals surface area contributed by atoms with Gasteiger partial charge in [0.25, 0.3) is 5.89 Å². The monoisotopic (exact) mass is 208 g/mol. The lowest BCUT2D eigenvalue weighted by atomic mass is 10.3. The Morgan fingerprint density at radius 2 is 2.20 bits per heavy atom. The molecule has 0 aliphatic carbocycles. The topological polar surface area (TPSA) is 89.4 Å². The van der Waals surface area contributed by atoms with Crippen molar-refractivity contribution in [1.29, 1.82) is 0 Å². The molecule has 6 heteroatoms. The summed E-state index contributed by atoms with van der Waals surface area (Å²) < 4.78 is 10.2. The van der Waals surface area contributed by atoms with Crippen LogP contribution in [0.25, 0.3) is 11.7 Å². The zero-order chi connectivity index (χ0) is 10.8. The van der Waals surface area contributed by atoms with E-state index in [4.69, 9.17) is 13.9 Å². The van der Waals surface area contributed by atoms with Crippen LogP contribution in [0.5, 0.6) is 0 Å². The van der Waals surface area contributed by atoms with Crippen molar-refractivity contribution in [2.24, 2.45) is 0 Å². The van der Waals surface area contributed by atoms with Crippen molar-refractivity contribution in [1.82, 2.24) is 10.2 Å². The molecule has 0 aromatic carbocycles. The molecule has 0 bridgehead atoms. The first kappa shape index (κ1) is 9.45. The highest BCUT2D eigenvalue weighted by Gasteiger charge is 2.16. The molecule has 2 heterocycles. The molecule has 2 aromatic rings. The van der Waals surface area contributed by atoms with Crippen molar-refractivity contribution in [2.45, 2.75) is 13.3 Å². The molecule has 0 radical (unpaired) electrons. The van der Waals surface area contributed by atoms with Crippen LogP contribution >= 0.6 is 0 Å². The van der Waals surface area contributed by atoms with Gasteiger partial charge in [0, 0.05) is 6.42 Å². The van der Waals surface area contributed by atoms with E-state index in [1.54, 1.807) is 12.1 Å². The predicted molar refractivity (Wildman–Crippen MR) is 48.3 cm³/mol. The summed E-state index contributed by atoms with van der Waals surface area (Å²) in [5.41, 5.74) is 0. The SMILES string of the molecule is CCc1ccc(-c2nnc(C(=O)O)o2)o1. The van der Waals surface area contributed by atoms with Gasteiger partial charge in [0.2, 0.25) is 0 Å². The molecule has 0 fully saturated rings. The highest BCUT2D eigenvalue weighted by atomic mass is 16.4. The van der Waals surface area contributed by atoms with E-state index in [1.807, 2.05) is 6.92 Å². The van der Waals surface area contributed by atoms with Crippen LogP contribution < -0.4 is 0 Å². The van der Waals surface area contributed by atoms with E-state index >= 15 is 0 Å². The Bertz CT molecular complexity index is 486. The number of hydrogen-bond acceptors (Lipinski definition) is 5. The Balaban J connectivity index is 2.32. The van der Waals surface area contributed by atoms with Crippen LogP contribution in [0.1, 0.15) is 23.4 Å². The van der Waals surface area contributed by atoms with Crippen molar-refractivity contribution >= 4 is 5.97 Å². The molecule has 0 saturated heterocycles. The zero-order valence-corrected chi connectivity index (χ0v) is 7.93. The van der Waals surface area contributed by atoms with Crippen molar-refractivity contribution < 1.29 is 18.7 Å². The van der Waals surface area contributed by atoms with Gasteiger partial charge in [0.1, 0.15) is 5.76 Å². The highest BCUT2D eigenvalue weighted by molar-refractivity contribution is 5.82. The summed E-state index contributed by atoms with van der Waals surface area (Å²) in [6, 6.07) is 3.44. The summed E-state index contributed by atoms with van der Waals surface area (Å²) in [7, 11) is 0. The Morgan fingerprint density at radius 1 is 1.40 bits per heavy atom. The number of rotatable bonds is 3. The molecule has 15 heavy (non-hydrogen) atoms. The first-order valence-corrected chi connectivity index (χ1v) is 4.36. The number of aromatic carboxylic acids is 1. The second-order valence-electron chi connectivity index (χ2n) is 2.84. The van der Waals surface area contributed by atoms with Gasteiger partial charge in [-0.05, 0) is 12.1 Å². The lowest BCUT2D eigenvalue weighted by molar-refractivity contribution is 0.0654. The molecule has 0 atom stereocenters. The van der Waals surface area contributed by atoms with Crippen molar-refractivity contribution in [3.05, 3.63) is 23.8 Å². The molecule has 0 aliphatic rings. The number of carboxylic acid groups (broad SMARTS) is 1. The van der Waals surface area contributed by atoms with Gasteiger partial charge in [-0.3, -0.25) is 0 Å². The van der Waals surface area contributed by atoms with Crippen LogP contribution in [-0.4, -0.2) is 21.3 Å². The number of hydrogen-bond donors (Lipinski definition) is 1. The fraction of sp³-hybridized carbons (Fsp3) is 0.222. The number of carbonyl (C=O) groups is 1. The van der Waals surface area contributed by atoms with Crippen molar-refractivity contribution in [3.63, 3.8) is 0 Å². The smallest absolute Gasteiger partial charge is 0.393 e. The molecule has 78 valence electrons. The number of nitrogens with zero attached hydrogens (tertiary/aromatic N) is 2. The third kappa shape index (κ3) is 1.74. The Labute approximate surface area is 84.5 Å². The van der Waals surface area contributed by atoms with Gasteiger partial charge in [0.15, 0.2) is 5.76 Å². The van der Waals surface area contributed by atoms with Crippen LogP contribution in [0.2, 0.25) is 0 Å². The zero-order valence-electron chi connectivity index (χ0n) is 7.93. The molecule has 0 saturated carbocycles. The predicted octanol–water partition coefficient (Wildman–Crippen LogP) is 1.59. The van der Waals surface area contributed by atoms with Gasteiger partial charge in [0.05, 0.1) is 0 Å². The maximum Gasteiger partial charge on any atom is 0.393 e. The summed E-state index contributed by atoms with van der Waals surface area (Å²) in [5.74, 6) is -0.463. The number of aromatic nitrogens is 2. The number of carboxylic acids is 1. The largest absolute Gasteiger partial charge is 0.474 e. The van der Waals surface area contributed by atoms with Gasteiger partial charge >= 0.3 is 11.9 Å². The lowest BCUT2D eigenvalue weighted by Gasteiger charge is -1.87. The first-order valence-electron chi connectivity index (χ1n) is 4.36. The normalized spacial score (nSPS) is 10.5. The average Bonchev–Trinajstić information content (AvgIpc) is 2.86. The molecule has 0 amide bonds. The third-order valence-electron chi connectivity index (χ3n) is 1.83. The molecular weight excluding hydrogens is 200 g/mol. The van der Waals surface area contributed by atoms with Crippen molar-refractivity contribution in [2.75, 3.05) is 0 Å². The lowest BCUT2D eigenvalue weighted by Crippen LogP contribution is -1.95. The first-order chi connectivity index (χ1) is 7.20. The molecule has 6 nitrogen and oxygen atoms in total. The van der Waals surface area contributed by atoms with Crippen LogP contribution in [-0.2, 0) is 6.42 Å². The average molecular weight is 208 g/mol. The van der Waals surface area contributed by atoms with E-state index in [1.165, 1.54) is 0 Å². The summed E-state index contributed by atoms with van der Waals surface area (Å²) in [6.45, 7) is 1.94. The van der Waals surface area contributed by atoms with Crippen LogP contribution in [0, 0.1) is 0 Å². The second-order valence-corrected chi connectivity index (χ2v) is 2.84. The van der Waals surface area contributed by atoms with E-state index in [0.29, 0.717) is 5.76 Å². The van der Waals surface area contributed by atoms with Crippen LogP contribution in [0.15, 0.2) is 21.0 Å². The Hall–Kier alpha value is -2.11. The maximum atomic E-state index is 10.5. The van der Waals surface area contributed by atoms with Gasteiger partial charge in [-0.25, -0.2) is 4.79 Å². The minimum absolute atomic E-state index is 0.0760. The minimum Gasteiger partial charge on any atom is -0.474 e. The number of aryl methyl sites for hydroxylation is 1. The molecule has 2 aromatic heterocycles. The fourth-order valence-electron chi connectivity index (χ4n) is 1.09. The molecule has 0 spiro atoms. The summed E-state index contributed by atoms with van der Waals surface area (Å²) in [6.07, 6.45) is 0.750. The Morgan fingerprint density at radius 3 is 2.73 bits per heavy atom. The Kier molecular flexibility index (Phi) is 2.24. The van der Waals surface area contributed by atoms with Gasteiger partial charge in [-0.2, -0.15) is 0 Å². The summed E-state index contributed by atoms with van der Waals surface area (Å²) in [4.78, 5) is 10.5. The molecular formula is C9H8N2O4. The molecule has 0 aliphatic heterocycles. The second kappa shape index (κ2) is 3.56. The van der Waals surface area contributed by atoms with Gasteiger partial charge in [-0.15, -0.1) is 10.2 Å². The van der Waals surface area contributed by atoms with Gasteiger partial charge in [-0.1, -0.05) is 6.92 Å². The number of furan rings is 1. The summed E-state index contributed by atoms with van der Waals surface area (Å²) >= 11 is 0. The van der Waals surface area contributed by atoms with E-state index in [9.17, 15) is 4.79 Å². The molecule has 1 N–H and O–H groups in total. The van der Waals surface area contributed by atoms with E-state index in [2.05, 4.69) is 10.2 Å². The quantitative estimate of drug-likeness (QED) is 0.823. The minimum atomic E-state index is -1.25.